The summed E-state index contributed by atoms with van der Waals surface area (Å²) in [5.41, 5.74) is 0. The Kier molecular flexibility index (Phi) is 4.55. The number of rotatable bonds is 5. The second-order valence-corrected chi connectivity index (χ2v) is 5.89. The van der Waals surface area contributed by atoms with E-state index in [1.54, 1.807) is 11.3 Å². The molecule has 2 aromatic rings. The lowest BCUT2D eigenvalue weighted by Crippen LogP contribution is -2.19. The third kappa shape index (κ3) is 4.04. The predicted molar refractivity (Wildman–Crippen MR) is 77.2 cm³/mol. The Bertz CT molecular complexity index is 560. The summed E-state index contributed by atoms with van der Waals surface area (Å²) >= 11 is 7.59. The van der Waals surface area contributed by atoms with Gasteiger partial charge in [0.05, 0.1) is 7.11 Å². The van der Waals surface area contributed by atoms with Gasteiger partial charge in [0.2, 0.25) is 11.2 Å². The highest BCUT2D eigenvalue weighted by Gasteiger charge is 2.10. The van der Waals surface area contributed by atoms with E-state index in [9.17, 15) is 0 Å². The monoisotopic (exact) mass is 298 g/mol. The summed E-state index contributed by atoms with van der Waals surface area (Å²) in [6.45, 7) is 4.17. The summed E-state index contributed by atoms with van der Waals surface area (Å²) < 4.78 is 4.95. The third-order valence-corrected chi connectivity index (χ3v) is 3.64. The summed E-state index contributed by atoms with van der Waals surface area (Å²) in [6.07, 6.45) is 0.907. The minimum Gasteiger partial charge on any atom is -0.467 e. The van der Waals surface area contributed by atoms with Gasteiger partial charge in [0, 0.05) is 22.2 Å². The first-order chi connectivity index (χ1) is 9.06. The van der Waals surface area contributed by atoms with Gasteiger partial charge in [0.15, 0.2) is 0 Å². The van der Waals surface area contributed by atoms with Gasteiger partial charge in [0.25, 0.3) is 0 Å². The Labute approximate surface area is 121 Å². The maximum Gasteiger partial charge on any atom is 0.322 e. The van der Waals surface area contributed by atoms with Gasteiger partial charge in [-0.05, 0) is 37.6 Å². The fourth-order valence-corrected chi connectivity index (χ4v) is 2.83. The van der Waals surface area contributed by atoms with E-state index >= 15 is 0 Å². The first kappa shape index (κ1) is 14.0. The van der Waals surface area contributed by atoms with Crippen molar-refractivity contribution in [3.05, 3.63) is 27.2 Å². The highest BCUT2D eigenvalue weighted by molar-refractivity contribution is 7.11. The minimum absolute atomic E-state index is 0.119. The Morgan fingerprint density at radius 3 is 2.79 bits per heavy atom. The van der Waals surface area contributed by atoms with Crippen LogP contribution in [0.15, 0.2) is 12.1 Å². The zero-order valence-corrected chi connectivity index (χ0v) is 12.5. The highest BCUT2D eigenvalue weighted by atomic mass is 35.5. The van der Waals surface area contributed by atoms with Crippen LogP contribution in [0.2, 0.25) is 5.28 Å². The number of halogens is 1. The van der Waals surface area contributed by atoms with Crippen molar-refractivity contribution >= 4 is 28.9 Å². The largest absolute Gasteiger partial charge is 0.467 e. The minimum atomic E-state index is 0.119. The molecule has 0 spiro atoms. The van der Waals surface area contributed by atoms with Crippen LogP contribution in [-0.2, 0) is 6.42 Å². The lowest BCUT2D eigenvalue weighted by Gasteiger charge is -2.13. The number of hydrogen-bond donors (Lipinski definition) is 1. The van der Waals surface area contributed by atoms with Crippen LogP contribution < -0.4 is 10.1 Å². The molecule has 0 saturated heterocycles. The molecule has 0 aliphatic heterocycles. The molecular formula is C12H15ClN4OS. The Morgan fingerprint density at radius 1 is 1.37 bits per heavy atom. The quantitative estimate of drug-likeness (QED) is 0.919. The maximum absolute atomic E-state index is 5.80. The lowest BCUT2D eigenvalue weighted by atomic mass is 10.2. The van der Waals surface area contributed by atoms with E-state index in [0.29, 0.717) is 5.95 Å². The van der Waals surface area contributed by atoms with Crippen LogP contribution in [0.3, 0.4) is 0 Å². The first-order valence-corrected chi connectivity index (χ1v) is 7.03. The second kappa shape index (κ2) is 6.16. The molecule has 5 nitrogen and oxygen atoms in total. The normalized spacial score (nSPS) is 12.2. The Hall–Kier alpha value is -1.40. The number of nitrogens with one attached hydrogen (secondary N) is 1. The molecule has 0 bridgehead atoms. The van der Waals surface area contributed by atoms with Crippen molar-refractivity contribution in [1.29, 1.82) is 0 Å². The van der Waals surface area contributed by atoms with Crippen molar-refractivity contribution in [1.82, 2.24) is 15.0 Å². The van der Waals surface area contributed by atoms with Crippen LogP contribution in [0, 0.1) is 6.92 Å². The van der Waals surface area contributed by atoms with Crippen molar-refractivity contribution in [2.45, 2.75) is 26.3 Å². The average molecular weight is 299 g/mol. The zero-order valence-electron chi connectivity index (χ0n) is 11.0. The fourth-order valence-electron chi connectivity index (χ4n) is 1.66. The van der Waals surface area contributed by atoms with Gasteiger partial charge in [-0.25, -0.2) is 0 Å². The van der Waals surface area contributed by atoms with Crippen molar-refractivity contribution in [2.24, 2.45) is 0 Å². The molecule has 0 amide bonds. The van der Waals surface area contributed by atoms with Gasteiger partial charge in [-0.3, -0.25) is 0 Å². The van der Waals surface area contributed by atoms with Crippen LogP contribution in [0.4, 0.5) is 5.95 Å². The number of ether oxygens (including phenoxy) is 1. The van der Waals surface area contributed by atoms with Crippen molar-refractivity contribution in [3.8, 4) is 6.01 Å². The molecule has 0 aliphatic carbocycles. The molecule has 1 atom stereocenters. The molecule has 0 saturated carbocycles. The van der Waals surface area contributed by atoms with Crippen LogP contribution >= 0.6 is 22.9 Å². The van der Waals surface area contributed by atoms with Crippen molar-refractivity contribution < 1.29 is 4.74 Å². The van der Waals surface area contributed by atoms with Gasteiger partial charge >= 0.3 is 6.01 Å². The van der Waals surface area contributed by atoms with Crippen molar-refractivity contribution in [3.63, 3.8) is 0 Å². The number of aromatic nitrogens is 3. The first-order valence-electron chi connectivity index (χ1n) is 5.84. The predicted octanol–water partition coefficient (Wildman–Crippen LogP) is 2.95. The van der Waals surface area contributed by atoms with E-state index in [0.717, 1.165) is 6.42 Å². The van der Waals surface area contributed by atoms with Gasteiger partial charge in [0.1, 0.15) is 0 Å². The van der Waals surface area contributed by atoms with Crippen molar-refractivity contribution in [2.75, 3.05) is 12.4 Å². The lowest BCUT2D eigenvalue weighted by molar-refractivity contribution is 0.378. The number of anilines is 1. The van der Waals surface area contributed by atoms with Gasteiger partial charge in [-0.15, -0.1) is 11.3 Å². The van der Waals surface area contributed by atoms with Crippen LogP contribution in [0.25, 0.3) is 0 Å². The highest BCUT2D eigenvalue weighted by Crippen LogP contribution is 2.18. The molecule has 2 heterocycles. The van der Waals surface area contributed by atoms with E-state index < -0.39 is 0 Å². The maximum atomic E-state index is 5.80. The summed E-state index contributed by atoms with van der Waals surface area (Å²) in [4.78, 5) is 14.6. The Balaban J connectivity index is 2.02. The molecule has 7 heteroatoms. The molecule has 2 rings (SSSR count). The van der Waals surface area contributed by atoms with Gasteiger partial charge in [-0.2, -0.15) is 15.0 Å². The van der Waals surface area contributed by atoms with Gasteiger partial charge in [-0.1, -0.05) is 0 Å². The molecule has 0 fully saturated rings. The zero-order chi connectivity index (χ0) is 13.8. The number of methoxy groups -OCH3 is 1. The van der Waals surface area contributed by atoms with Crippen LogP contribution in [0.1, 0.15) is 16.7 Å². The van der Waals surface area contributed by atoms with E-state index in [1.807, 2.05) is 0 Å². The average Bonchev–Trinajstić information content (AvgIpc) is 2.73. The number of nitrogens with zero attached hydrogens (tertiary/aromatic N) is 3. The molecular weight excluding hydrogens is 284 g/mol. The number of hydrogen-bond acceptors (Lipinski definition) is 6. The molecule has 1 N–H and O–H groups in total. The van der Waals surface area contributed by atoms with E-state index in [2.05, 4.69) is 46.2 Å². The summed E-state index contributed by atoms with van der Waals surface area (Å²) in [7, 11) is 1.49. The van der Waals surface area contributed by atoms with Crippen LogP contribution in [-0.4, -0.2) is 28.1 Å². The molecule has 0 aromatic carbocycles. The smallest absolute Gasteiger partial charge is 0.322 e. The summed E-state index contributed by atoms with van der Waals surface area (Å²) in [5, 5.41) is 3.31. The molecule has 0 radical (unpaired) electrons. The Morgan fingerprint density at radius 2 is 2.16 bits per heavy atom. The van der Waals surface area contributed by atoms with Crippen LogP contribution in [0.5, 0.6) is 6.01 Å². The standard InChI is InChI=1S/C12H15ClN4OS/c1-7(6-9-5-4-8(2)19-9)14-11-15-10(13)16-12(17-11)18-3/h4-5,7H,6H2,1-3H3,(H,14,15,16,17). The SMILES string of the molecule is COc1nc(Cl)nc(NC(C)Cc2ccc(C)s2)n1. The topological polar surface area (TPSA) is 59.9 Å². The molecule has 1 unspecified atom stereocenters. The molecule has 0 aliphatic rings. The van der Waals surface area contributed by atoms with E-state index in [-0.39, 0.29) is 17.3 Å². The van der Waals surface area contributed by atoms with E-state index in [1.165, 1.54) is 16.9 Å². The third-order valence-electron chi connectivity index (χ3n) is 2.45. The van der Waals surface area contributed by atoms with E-state index in [4.69, 9.17) is 16.3 Å². The molecule has 2 aromatic heterocycles. The van der Waals surface area contributed by atoms with Gasteiger partial charge < -0.3 is 10.1 Å². The fraction of sp³-hybridized carbons (Fsp3) is 0.417. The molecule has 19 heavy (non-hydrogen) atoms. The second-order valence-electron chi connectivity index (χ2n) is 4.18. The summed E-state index contributed by atoms with van der Waals surface area (Å²) in [5.74, 6) is 0.428. The summed E-state index contributed by atoms with van der Waals surface area (Å²) in [6, 6.07) is 4.66. The number of thiophene rings is 1. The number of aryl methyl sites for hydroxylation is 1. The molecule has 102 valence electrons.